The number of ether oxygens (including phenoxy) is 2. The van der Waals surface area contributed by atoms with Crippen LogP contribution in [0.2, 0.25) is 0 Å². The highest BCUT2D eigenvalue weighted by Crippen LogP contribution is 2.67. The number of carbonyl (C=O) groups excluding carboxylic acids is 2. The third-order valence-corrected chi connectivity index (χ3v) is 10.9. The molecule has 1 unspecified atom stereocenters. The number of nitrogens with zero attached hydrogens (tertiary/aromatic N) is 2. The Labute approximate surface area is 267 Å². The summed E-state index contributed by atoms with van der Waals surface area (Å²) in [5, 5.41) is 11.1. The topological polar surface area (TPSA) is 79.3 Å². The molecule has 3 fully saturated rings. The van der Waals surface area contributed by atoms with E-state index in [2.05, 4.69) is 4.90 Å². The summed E-state index contributed by atoms with van der Waals surface area (Å²) >= 11 is 0. The molecule has 5 aliphatic rings. The van der Waals surface area contributed by atoms with Crippen molar-refractivity contribution in [3.63, 3.8) is 0 Å². The summed E-state index contributed by atoms with van der Waals surface area (Å²) in [6, 6.07) is 7.94. The fraction of sp³-hybridized carbons (Fsp3) is 0.556. The third kappa shape index (κ3) is 4.90. The van der Waals surface area contributed by atoms with Crippen molar-refractivity contribution in [1.29, 1.82) is 0 Å². The molecule has 0 radical (unpaired) electrons. The maximum Gasteiger partial charge on any atom is 0.416 e. The number of hydrogen-bond acceptors (Lipinski definition) is 6. The number of esters is 1. The van der Waals surface area contributed by atoms with Crippen LogP contribution in [0.25, 0.3) is 6.08 Å². The first-order valence-corrected chi connectivity index (χ1v) is 16.5. The standard InChI is InChI=1S/C36H41F3N2O5/c1-21(2)19-41(30(44)13-8-23-6-10-26(11-7-23)36(37,38)39)27-14-15-35(46-22(3)42)29-18-25-9-12-28(43)32-31(25)34(35,33(27)45-32)16-17-40(29)20-24-4-5-24/h6-13,21,24,27,29,33,43H,4-5,14-20H2,1-3H3/t27-,29-,33?,34+,35-/m1/s1. The van der Waals surface area contributed by atoms with Crippen molar-refractivity contribution in [1.82, 2.24) is 9.80 Å². The molecular weight excluding hydrogens is 597 g/mol. The van der Waals surface area contributed by atoms with E-state index in [9.17, 15) is 27.9 Å². The van der Waals surface area contributed by atoms with E-state index in [0.29, 0.717) is 49.5 Å². The highest BCUT2D eigenvalue weighted by atomic mass is 19.4. The van der Waals surface area contributed by atoms with Crippen molar-refractivity contribution < 1.29 is 37.3 Å². The lowest BCUT2D eigenvalue weighted by Crippen LogP contribution is -2.79. The summed E-state index contributed by atoms with van der Waals surface area (Å²) in [5.74, 6) is 0.633. The van der Waals surface area contributed by atoms with Crippen LogP contribution in [-0.2, 0) is 32.3 Å². The highest BCUT2D eigenvalue weighted by molar-refractivity contribution is 5.92. The molecule has 2 aromatic carbocycles. The molecule has 1 spiro atoms. The van der Waals surface area contributed by atoms with Gasteiger partial charge >= 0.3 is 12.1 Å². The second-order valence-corrected chi connectivity index (χ2v) is 14.3. The van der Waals surface area contributed by atoms with E-state index < -0.39 is 28.9 Å². The first kappa shape index (κ1) is 31.1. The number of aromatic hydroxyl groups is 1. The van der Waals surface area contributed by atoms with Gasteiger partial charge in [0.1, 0.15) is 11.7 Å². The molecule has 1 saturated heterocycles. The van der Waals surface area contributed by atoms with Crippen molar-refractivity contribution in [3.8, 4) is 11.5 Å². The Hall–Kier alpha value is -3.53. The molecule has 1 N–H and O–H groups in total. The predicted molar refractivity (Wildman–Crippen MR) is 165 cm³/mol. The lowest BCUT2D eigenvalue weighted by Gasteiger charge is -2.65. The number of piperidine rings is 1. The molecule has 2 saturated carbocycles. The Kier molecular flexibility index (Phi) is 7.45. The van der Waals surface area contributed by atoms with Crippen molar-refractivity contribution in [3.05, 3.63) is 64.7 Å². The lowest BCUT2D eigenvalue weighted by molar-refractivity contribution is -0.224. The Morgan fingerprint density at radius 1 is 1.13 bits per heavy atom. The maximum atomic E-state index is 14.0. The van der Waals surface area contributed by atoms with E-state index >= 15 is 0 Å². The summed E-state index contributed by atoms with van der Waals surface area (Å²) in [6.45, 7) is 7.73. The van der Waals surface area contributed by atoms with Crippen molar-refractivity contribution >= 4 is 18.0 Å². The van der Waals surface area contributed by atoms with E-state index in [-0.39, 0.29) is 35.6 Å². The Morgan fingerprint density at radius 3 is 2.52 bits per heavy atom. The molecule has 46 heavy (non-hydrogen) atoms. The minimum atomic E-state index is -4.44. The van der Waals surface area contributed by atoms with Crippen LogP contribution in [0.15, 0.2) is 42.5 Å². The zero-order valence-electron chi connectivity index (χ0n) is 26.5. The van der Waals surface area contributed by atoms with E-state index in [1.807, 2.05) is 24.8 Å². The molecule has 3 aliphatic carbocycles. The lowest BCUT2D eigenvalue weighted by atomic mass is 9.48. The number of hydrogen-bond donors (Lipinski definition) is 1. The minimum Gasteiger partial charge on any atom is -0.504 e. The molecular formula is C36H41F3N2O5. The summed E-state index contributed by atoms with van der Waals surface area (Å²) in [4.78, 5) is 31.3. The predicted octanol–water partition coefficient (Wildman–Crippen LogP) is 6.11. The van der Waals surface area contributed by atoms with Gasteiger partial charge in [0.05, 0.1) is 23.1 Å². The zero-order valence-corrected chi connectivity index (χ0v) is 26.5. The van der Waals surface area contributed by atoms with E-state index in [1.165, 1.54) is 38.0 Å². The van der Waals surface area contributed by atoms with Gasteiger partial charge in [-0.2, -0.15) is 13.2 Å². The van der Waals surface area contributed by atoms with Gasteiger partial charge in [-0.3, -0.25) is 14.5 Å². The number of amides is 1. The van der Waals surface area contributed by atoms with Gasteiger partial charge < -0.3 is 19.5 Å². The smallest absolute Gasteiger partial charge is 0.416 e. The Morgan fingerprint density at radius 2 is 1.87 bits per heavy atom. The summed E-state index contributed by atoms with van der Waals surface area (Å²) < 4.78 is 52.6. The van der Waals surface area contributed by atoms with Crippen LogP contribution in [-0.4, -0.2) is 70.2 Å². The highest BCUT2D eigenvalue weighted by Gasteiger charge is 2.75. The SMILES string of the molecule is CC(=O)O[C@@]12CC[C@@H](N(CC(C)C)C(=O)C=Cc3ccc(C(F)(F)F)cc3)C3Oc4c(O)ccc5c4[C@@]31CCN(CC1CC1)[C@@H]2C5. The molecule has 2 heterocycles. The number of carbonyl (C=O) groups is 2. The van der Waals surface area contributed by atoms with Gasteiger partial charge in [-0.1, -0.05) is 32.0 Å². The molecule has 5 atom stereocenters. The summed E-state index contributed by atoms with van der Waals surface area (Å²) in [7, 11) is 0. The Bertz CT molecular complexity index is 1570. The fourth-order valence-electron chi connectivity index (χ4n) is 9.04. The molecule has 2 aromatic rings. The molecule has 1 amide bonds. The maximum absolute atomic E-state index is 14.0. The second kappa shape index (κ2) is 11.0. The molecule has 2 aliphatic heterocycles. The molecule has 7 rings (SSSR count). The summed E-state index contributed by atoms with van der Waals surface area (Å²) in [5.41, 5.74) is 0.127. The number of likely N-dealkylation sites (tertiary alicyclic amines) is 1. The van der Waals surface area contributed by atoms with Crippen LogP contribution in [0.1, 0.15) is 75.1 Å². The monoisotopic (exact) mass is 638 g/mol. The number of rotatable bonds is 8. The van der Waals surface area contributed by atoms with Crippen molar-refractivity contribution in [2.24, 2.45) is 11.8 Å². The van der Waals surface area contributed by atoms with Crippen molar-refractivity contribution in [2.75, 3.05) is 19.6 Å². The average molecular weight is 639 g/mol. The van der Waals surface area contributed by atoms with Crippen LogP contribution in [0, 0.1) is 11.8 Å². The zero-order chi connectivity index (χ0) is 32.6. The third-order valence-electron chi connectivity index (χ3n) is 10.9. The van der Waals surface area contributed by atoms with Gasteiger partial charge in [0, 0.05) is 31.7 Å². The van der Waals surface area contributed by atoms with Gasteiger partial charge in [0.15, 0.2) is 11.5 Å². The van der Waals surface area contributed by atoms with Crippen LogP contribution in [0.5, 0.6) is 11.5 Å². The number of phenols is 1. The van der Waals surface area contributed by atoms with E-state index in [0.717, 1.165) is 36.3 Å². The minimum absolute atomic E-state index is 0.0424. The van der Waals surface area contributed by atoms with E-state index in [1.54, 1.807) is 12.1 Å². The van der Waals surface area contributed by atoms with Gasteiger partial charge in [0.2, 0.25) is 5.91 Å². The van der Waals surface area contributed by atoms with Gasteiger partial charge in [-0.05, 0) is 92.3 Å². The van der Waals surface area contributed by atoms with Gasteiger partial charge in [-0.15, -0.1) is 0 Å². The second-order valence-electron chi connectivity index (χ2n) is 14.3. The van der Waals surface area contributed by atoms with Crippen molar-refractivity contribution in [2.45, 2.75) is 94.7 Å². The van der Waals surface area contributed by atoms with Crippen LogP contribution >= 0.6 is 0 Å². The molecule has 7 nitrogen and oxygen atoms in total. The number of benzene rings is 2. The van der Waals surface area contributed by atoms with Crippen LogP contribution in [0.3, 0.4) is 0 Å². The van der Waals surface area contributed by atoms with Gasteiger partial charge in [-0.25, -0.2) is 0 Å². The normalized spacial score (nSPS) is 29.8. The molecule has 2 bridgehead atoms. The van der Waals surface area contributed by atoms with Gasteiger partial charge in [0.25, 0.3) is 0 Å². The number of halogens is 3. The molecule has 0 aromatic heterocycles. The van der Waals surface area contributed by atoms with Crippen LogP contribution < -0.4 is 4.74 Å². The first-order valence-electron chi connectivity index (χ1n) is 16.5. The largest absolute Gasteiger partial charge is 0.504 e. The molecule has 246 valence electrons. The molecule has 10 heteroatoms. The van der Waals surface area contributed by atoms with Crippen LogP contribution in [0.4, 0.5) is 13.2 Å². The first-order chi connectivity index (χ1) is 21.8. The summed E-state index contributed by atoms with van der Waals surface area (Å²) in [6.07, 6.45) is 2.82. The number of phenolic OH excluding ortho intramolecular Hbond substituents is 1. The quantitative estimate of drug-likeness (QED) is 0.278. The fourth-order valence-corrected chi connectivity index (χ4v) is 9.04. The van der Waals surface area contributed by atoms with E-state index in [4.69, 9.17) is 9.47 Å². The average Bonchev–Trinajstić information content (AvgIpc) is 3.74. The Balaban J connectivity index is 1.28. The number of alkyl halides is 3.